The van der Waals surface area contributed by atoms with Gasteiger partial charge in [0.05, 0.1) is 10.6 Å². The molecule has 1 aromatic rings. The molecule has 0 fully saturated rings. The topological polar surface area (TPSA) is 81.8 Å². The lowest BCUT2D eigenvalue weighted by Gasteiger charge is -2.14. The van der Waals surface area contributed by atoms with E-state index in [0.29, 0.717) is 10.6 Å². The number of rotatable bonds is 0. The Kier molecular flexibility index (Phi) is 1.90. The van der Waals surface area contributed by atoms with Crippen LogP contribution in [0.1, 0.15) is 5.56 Å². The van der Waals surface area contributed by atoms with Gasteiger partial charge in [0.2, 0.25) is 0 Å². The van der Waals surface area contributed by atoms with E-state index in [0.717, 1.165) is 0 Å². The molecule has 2 N–H and O–H groups in total. The summed E-state index contributed by atoms with van der Waals surface area (Å²) in [5, 5.41) is 0.304. The molecule has 0 atom stereocenters. The molecule has 5 nitrogen and oxygen atoms in total. The van der Waals surface area contributed by atoms with Crippen molar-refractivity contribution in [3.05, 3.63) is 28.8 Å². The number of hydrogen-bond acceptors (Lipinski definition) is 4. The summed E-state index contributed by atoms with van der Waals surface area (Å²) in [4.78, 5) is 0. The maximum absolute atomic E-state index is 11.0. The summed E-state index contributed by atoms with van der Waals surface area (Å²) in [6.45, 7) is 0. The van der Waals surface area contributed by atoms with Crippen LogP contribution in [0.3, 0.4) is 0 Å². The van der Waals surface area contributed by atoms with E-state index in [1.165, 1.54) is 6.07 Å². The molecule has 0 saturated carbocycles. The minimum absolute atomic E-state index is 0.102. The van der Waals surface area contributed by atoms with E-state index in [-0.39, 0.29) is 11.6 Å². The Balaban J connectivity index is 2.74. The van der Waals surface area contributed by atoms with Gasteiger partial charge in [-0.15, -0.1) is 4.40 Å². The first-order chi connectivity index (χ1) is 6.49. The van der Waals surface area contributed by atoms with Crippen LogP contribution >= 0.6 is 11.6 Å². The van der Waals surface area contributed by atoms with Crippen molar-refractivity contribution < 1.29 is 12.6 Å². The molecule has 1 aromatic carbocycles. The molecule has 0 unspecified atom stereocenters. The average molecular weight is 233 g/mol. The number of nitrogens with two attached hydrogens (primary N) is 1. The van der Waals surface area contributed by atoms with Crippen molar-refractivity contribution >= 4 is 27.7 Å². The first-order valence-electron chi connectivity index (χ1n) is 3.58. The van der Waals surface area contributed by atoms with Gasteiger partial charge in [0, 0.05) is 0 Å². The van der Waals surface area contributed by atoms with Crippen molar-refractivity contribution in [2.24, 2.45) is 10.1 Å². The largest absolute Gasteiger partial charge is 0.430 e. The molecule has 0 radical (unpaired) electrons. The van der Waals surface area contributed by atoms with Crippen LogP contribution in [-0.4, -0.2) is 14.3 Å². The Morgan fingerprint density at radius 2 is 2.14 bits per heavy atom. The summed E-state index contributed by atoms with van der Waals surface area (Å²) in [5.74, 6) is -0.0538. The van der Waals surface area contributed by atoms with Crippen LogP contribution < -0.4 is 9.92 Å². The molecule has 1 aliphatic rings. The SMILES string of the molecule is NC1=NS(=O)(=O)Oc2cccc(Cl)c21. The summed E-state index contributed by atoms with van der Waals surface area (Å²) < 4.78 is 29.8. The van der Waals surface area contributed by atoms with E-state index in [2.05, 4.69) is 8.58 Å². The van der Waals surface area contributed by atoms with Crippen LogP contribution in [0.25, 0.3) is 0 Å². The van der Waals surface area contributed by atoms with Crippen LogP contribution in [0.2, 0.25) is 5.02 Å². The lowest BCUT2D eigenvalue weighted by atomic mass is 10.2. The molecule has 14 heavy (non-hydrogen) atoms. The second-order valence-corrected chi connectivity index (χ2v) is 4.21. The minimum Gasteiger partial charge on any atom is -0.382 e. The number of hydrogen-bond donors (Lipinski definition) is 1. The first kappa shape index (κ1) is 9.29. The molecular weight excluding hydrogens is 228 g/mol. The van der Waals surface area contributed by atoms with Crippen molar-refractivity contribution in [2.45, 2.75) is 0 Å². The normalized spacial score (nSPS) is 17.9. The van der Waals surface area contributed by atoms with E-state index in [4.69, 9.17) is 17.3 Å². The van der Waals surface area contributed by atoms with Crippen molar-refractivity contribution in [3.8, 4) is 5.75 Å². The highest BCUT2D eigenvalue weighted by atomic mass is 35.5. The zero-order valence-corrected chi connectivity index (χ0v) is 8.34. The van der Waals surface area contributed by atoms with Gasteiger partial charge in [-0.05, 0) is 12.1 Å². The fraction of sp³-hybridized carbons (Fsp3) is 0. The summed E-state index contributed by atoms with van der Waals surface area (Å²) in [7, 11) is -3.96. The number of fused-ring (bicyclic) bond motifs is 1. The van der Waals surface area contributed by atoms with E-state index in [9.17, 15) is 8.42 Å². The van der Waals surface area contributed by atoms with E-state index in [1.54, 1.807) is 12.1 Å². The van der Waals surface area contributed by atoms with Crippen molar-refractivity contribution in [1.29, 1.82) is 0 Å². The van der Waals surface area contributed by atoms with Gasteiger partial charge in [0.25, 0.3) is 0 Å². The molecular formula is C7H5ClN2O3S. The van der Waals surface area contributed by atoms with E-state index < -0.39 is 10.3 Å². The van der Waals surface area contributed by atoms with Gasteiger partial charge in [-0.2, -0.15) is 8.42 Å². The quantitative estimate of drug-likeness (QED) is 0.713. The van der Waals surface area contributed by atoms with Crippen LogP contribution in [0.15, 0.2) is 22.6 Å². The van der Waals surface area contributed by atoms with Gasteiger partial charge in [0.15, 0.2) is 11.6 Å². The Hall–Kier alpha value is -1.27. The molecule has 0 aromatic heterocycles. The molecule has 0 spiro atoms. The third-order valence-corrected chi connectivity index (χ3v) is 2.76. The summed E-state index contributed by atoms with van der Waals surface area (Å²) >= 11 is 5.79. The molecule has 0 bridgehead atoms. The van der Waals surface area contributed by atoms with Gasteiger partial charge in [-0.3, -0.25) is 0 Å². The van der Waals surface area contributed by atoms with Crippen molar-refractivity contribution in [3.63, 3.8) is 0 Å². The first-order valence-corrected chi connectivity index (χ1v) is 5.33. The molecule has 2 rings (SSSR count). The highest BCUT2D eigenvalue weighted by molar-refractivity contribution is 7.86. The van der Waals surface area contributed by atoms with Crippen LogP contribution in [-0.2, 0) is 10.3 Å². The molecule has 7 heteroatoms. The smallest absolute Gasteiger partial charge is 0.382 e. The monoisotopic (exact) mass is 232 g/mol. The summed E-state index contributed by atoms with van der Waals surface area (Å²) in [6, 6.07) is 4.60. The predicted molar refractivity (Wildman–Crippen MR) is 51.7 cm³/mol. The molecule has 1 aliphatic heterocycles. The zero-order valence-electron chi connectivity index (χ0n) is 6.77. The predicted octanol–water partition coefficient (Wildman–Crippen LogP) is 0.683. The van der Waals surface area contributed by atoms with Gasteiger partial charge >= 0.3 is 10.3 Å². The van der Waals surface area contributed by atoms with E-state index in [1.807, 2.05) is 0 Å². The maximum atomic E-state index is 11.0. The van der Waals surface area contributed by atoms with Crippen LogP contribution in [0.5, 0.6) is 5.75 Å². The van der Waals surface area contributed by atoms with Crippen LogP contribution in [0, 0.1) is 0 Å². The molecule has 1 heterocycles. The molecule has 0 amide bonds. The number of amidine groups is 1. The average Bonchev–Trinajstić information content (AvgIpc) is 2.00. The fourth-order valence-electron chi connectivity index (χ4n) is 1.12. The third kappa shape index (κ3) is 1.42. The molecule has 0 saturated heterocycles. The minimum atomic E-state index is -3.96. The lowest BCUT2D eigenvalue weighted by Crippen LogP contribution is -2.24. The van der Waals surface area contributed by atoms with Gasteiger partial charge < -0.3 is 9.92 Å². The Labute approximate surface area is 85.4 Å². The van der Waals surface area contributed by atoms with E-state index >= 15 is 0 Å². The number of benzene rings is 1. The summed E-state index contributed by atoms with van der Waals surface area (Å²) in [6.07, 6.45) is 0. The van der Waals surface area contributed by atoms with Gasteiger partial charge in [0.1, 0.15) is 0 Å². The Morgan fingerprint density at radius 1 is 1.43 bits per heavy atom. The molecule has 74 valence electrons. The fourth-order valence-corrected chi connectivity index (χ4v) is 2.12. The van der Waals surface area contributed by atoms with Crippen molar-refractivity contribution in [2.75, 3.05) is 0 Å². The van der Waals surface area contributed by atoms with Crippen LogP contribution in [0.4, 0.5) is 0 Å². The van der Waals surface area contributed by atoms with Gasteiger partial charge in [-0.1, -0.05) is 17.7 Å². The standard InChI is InChI=1S/C7H5ClN2O3S/c8-4-2-1-3-5-6(4)7(9)10-14(11,12)13-5/h1-3H,(H2,9,10). The highest BCUT2D eigenvalue weighted by Crippen LogP contribution is 2.30. The summed E-state index contributed by atoms with van der Waals surface area (Å²) in [5.41, 5.74) is 5.74. The lowest BCUT2D eigenvalue weighted by molar-refractivity contribution is 0.484. The number of halogens is 1. The molecule has 0 aliphatic carbocycles. The third-order valence-electron chi connectivity index (χ3n) is 1.64. The van der Waals surface area contributed by atoms with Crippen molar-refractivity contribution in [1.82, 2.24) is 0 Å². The Morgan fingerprint density at radius 3 is 2.86 bits per heavy atom. The van der Waals surface area contributed by atoms with Gasteiger partial charge in [-0.25, -0.2) is 0 Å². The Bertz CT molecular complexity index is 524. The second kappa shape index (κ2) is 2.86. The number of nitrogens with zero attached hydrogens (tertiary/aromatic N) is 1. The zero-order chi connectivity index (χ0) is 10.3. The maximum Gasteiger partial charge on any atom is 0.430 e. The second-order valence-electron chi connectivity index (χ2n) is 2.60. The highest BCUT2D eigenvalue weighted by Gasteiger charge is 2.24.